The van der Waals surface area contributed by atoms with Crippen LogP contribution in [0, 0.1) is 5.41 Å². The highest BCUT2D eigenvalue weighted by Crippen LogP contribution is 2.54. The summed E-state index contributed by atoms with van der Waals surface area (Å²) < 4.78 is 53.4. The number of hydrogen-bond acceptors (Lipinski definition) is 6. The molecule has 2 aromatic carbocycles. The molecule has 1 saturated carbocycles. The van der Waals surface area contributed by atoms with Crippen LogP contribution in [-0.4, -0.2) is 58.0 Å². The molecule has 3 N–H and O–H groups in total. The topological polar surface area (TPSA) is 102 Å². The summed E-state index contributed by atoms with van der Waals surface area (Å²) in [5.74, 6) is -0.502. The van der Waals surface area contributed by atoms with Gasteiger partial charge >= 0.3 is 0 Å². The number of nitrogens with zero attached hydrogens (tertiary/aromatic N) is 2. The van der Waals surface area contributed by atoms with E-state index in [0.717, 1.165) is 31.6 Å². The summed E-state index contributed by atoms with van der Waals surface area (Å²) in [5, 5.41) is 12.0. The maximum Gasteiger partial charge on any atom is 0.269 e. The number of piperidine rings is 2. The van der Waals surface area contributed by atoms with Crippen molar-refractivity contribution >= 4 is 38.7 Å². The molecule has 0 unspecified atom stereocenters. The Balaban J connectivity index is 1.35. The van der Waals surface area contributed by atoms with Crippen LogP contribution in [0.4, 0.5) is 31.5 Å². The Hall–Kier alpha value is -3.18. The Kier molecular flexibility index (Phi) is 8.32. The van der Waals surface area contributed by atoms with E-state index < -0.39 is 16.1 Å². The molecule has 1 amide bonds. The maximum absolute atomic E-state index is 13.6. The minimum Gasteiger partial charge on any atom is -0.396 e. The molecule has 2 aliphatic heterocycles. The van der Waals surface area contributed by atoms with Gasteiger partial charge in [-0.2, -0.15) is 8.78 Å². The van der Waals surface area contributed by atoms with Crippen LogP contribution < -0.4 is 19.8 Å². The van der Waals surface area contributed by atoms with Crippen molar-refractivity contribution in [3.05, 3.63) is 59.7 Å². The predicted octanol–water partition coefficient (Wildman–Crippen LogP) is 5.19. The fraction of sp³-hybridized carbons (Fsp3) is 0.483. The summed E-state index contributed by atoms with van der Waals surface area (Å²) in [6.45, 7) is 2.34. The third-order valence-corrected chi connectivity index (χ3v) is 9.69. The van der Waals surface area contributed by atoms with Crippen LogP contribution in [0.2, 0.25) is 0 Å². The molecular formula is C29H36F2N4O4S. The van der Waals surface area contributed by atoms with Gasteiger partial charge in [-0.15, -0.1) is 0 Å². The van der Waals surface area contributed by atoms with Gasteiger partial charge in [-0.1, -0.05) is 6.07 Å². The molecule has 2 heterocycles. The van der Waals surface area contributed by atoms with Gasteiger partial charge in [0, 0.05) is 44.2 Å². The van der Waals surface area contributed by atoms with Crippen LogP contribution in [-0.2, 0) is 10.0 Å². The summed E-state index contributed by atoms with van der Waals surface area (Å²) >= 11 is 0. The molecule has 11 heteroatoms. The number of nitrogens with one attached hydrogen (secondary N) is 2. The smallest absolute Gasteiger partial charge is 0.269 e. The van der Waals surface area contributed by atoms with Crippen LogP contribution in [0.1, 0.15) is 55.3 Å². The van der Waals surface area contributed by atoms with Crippen LogP contribution in [0.25, 0.3) is 0 Å². The predicted molar refractivity (Wildman–Crippen MR) is 154 cm³/mol. The van der Waals surface area contributed by atoms with E-state index in [4.69, 9.17) is 5.11 Å². The van der Waals surface area contributed by atoms with E-state index in [1.807, 2.05) is 23.1 Å². The Morgan fingerprint density at radius 1 is 0.925 bits per heavy atom. The monoisotopic (exact) mass is 574 g/mol. The van der Waals surface area contributed by atoms with E-state index in [9.17, 15) is 22.0 Å². The highest BCUT2D eigenvalue weighted by molar-refractivity contribution is 7.92. The fourth-order valence-electron chi connectivity index (χ4n) is 5.64. The second-order valence-electron chi connectivity index (χ2n) is 11.1. The van der Waals surface area contributed by atoms with Crippen molar-refractivity contribution in [2.45, 2.75) is 44.9 Å². The molecule has 2 saturated heterocycles. The molecule has 216 valence electrons. The van der Waals surface area contributed by atoms with Gasteiger partial charge in [-0.05, 0) is 92.3 Å². The molecule has 3 fully saturated rings. The van der Waals surface area contributed by atoms with Crippen molar-refractivity contribution in [3.63, 3.8) is 0 Å². The van der Waals surface area contributed by atoms with Crippen molar-refractivity contribution in [2.75, 3.05) is 58.4 Å². The maximum atomic E-state index is 13.6. The SMILES string of the molecule is O=C(Nc1cccc(N2CCC(=C(F)F)CC2)c1)c1ccc(NS(=O)(=O)CCCO)cc1N1CCC2(CC1)CC2. The molecule has 0 bridgehead atoms. The van der Waals surface area contributed by atoms with Crippen LogP contribution in [0.15, 0.2) is 54.1 Å². The number of carbonyl (C=O) groups excluding carboxylic acids is 1. The summed E-state index contributed by atoms with van der Waals surface area (Å²) in [4.78, 5) is 17.7. The summed E-state index contributed by atoms with van der Waals surface area (Å²) in [6, 6.07) is 12.3. The van der Waals surface area contributed by atoms with Crippen molar-refractivity contribution in [2.24, 2.45) is 5.41 Å². The number of aliphatic hydroxyl groups is 1. The average Bonchev–Trinajstić information content (AvgIpc) is 3.70. The van der Waals surface area contributed by atoms with Gasteiger partial charge in [0.2, 0.25) is 10.0 Å². The fourth-order valence-corrected chi connectivity index (χ4v) is 6.73. The first kappa shape index (κ1) is 28.4. The molecule has 0 radical (unpaired) electrons. The number of aliphatic hydroxyl groups excluding tert-OH is 1. The van der Waals surface area contributed by atoms with E-state index in [-0.39, 0.29) is 30.3 Å². The molecule has 2 aromatic rings. The van der Waals surface area contributed by atoms with Crippen molar-refractivity contribution < 1.29 is 27.1 Å². The Bertz CT molecular complexity index is 1370. The van der Waals surface area contributed by atoms with E-state index in [2.05, 4.69) is 14.9 Å². The Morgan fingerprint density at radius 3 is 2.30 bits per heavy atom. The first-order chi connectivity index (χ1) is 19.2. The number of amides is 1. The first-order valence-electron chi connectivity index (χ1n) is 13.9. The van der Waals surface area contributed by atoms with Gasteiger partial charge in [0.25, 0.3) is 12.0 Å². The molecule has 5 rings (SSSR count). The second-order valence-corrected chi connectivity index (χ2v) is 12.9. The standard InChI is InChI=1S/C29H36F2N4O4S/c30-27(31)21-7-13-34(14-8-21)24-4-1-3-22(19-24)32-28(37)25-6-5-23(33-40(38,39)18-2-17-36)20-26(25)35-15-11-29(9-10-29)12-16-35/h1,3-6,19-20,33,36H,2,7-18H2,(H,32,37). The van der Waals surface area contributed by atoms with Crippen molar-refractivity contribution in [3.8, 4) is 0 Å². The van der Waals surface area contributed by atoms with E-state index in [1.54, 1.807) is 24.3 Å². The largest absolute Gasteiger partial charge is 0.396 e. The molecule has 1 spiro atoms. The molecule has 3 aliphatic rings. The number of anilines is 4. The number of halogens is 2. The number of carbonyl (C=O) groups is 1. The zero-order valence-electron chi connectivity index (χ0n) is 22.5. The van der Waals surface area contributed by atoms with E-state index >= 15 is 0 Å². The van der Waals surface area contributed by atoms with E-state index in [1.165, 1.54) is 12.8 Å². The summed E-state index contributed by atoms with van der Waals surface area (Å²) in [6.07, 6.45) is 3.76. The minimum atomic E-state index is -3.64. The van der Waals surface area contributed by atoms with E-state index in [0.29, 0.717) is 54.0 Å². The first-order valence-corrected chi connectivity index (χ1v) is 15.5. The summed E-state index contributed by atoms with van der Waals surface area (Å²) in [7, 11) is -3.64. The lowest BCUT2D eigenvalue weighted by Gasteiger charge is -2.35. The quantitative estimate of drug-likeness (QED) is 0.381. The van der Waals surface area contributed by atoms with Crippen molar-refractivity contribution in [1.29, 1.82) is 0 Å². The number of sulfonamides is 1. The van der Waals surface area contributed by atoms with Gasteiger partial charge in [-0.3, -0.25) is 9.52 Å². The Labute approximate surface area is 234 Å². The molecule has 1 aliphatic carbocycles. The van der Waals surface area contributed by atoms with Gasteiger partial charge in [0.15, 0.2) is 0 Å². The number of benzene rings is 2. The van der Waals surface area contributed by atoms with Gasteiger partial charge in [0.1, 0.15) is 0 Å². The number of hydrogen-bond donors (Lipinski definition) is 3. The van der Waals surface area contributed by atoms with Crippen LogP contribution in [0.5, 0.6) is 0 Å². The normalized spacial score (nSPS) is 18.5. The van der Waals surface area contributed by atoms with Crippen LogP contribution in [0.3, 0.4) is 0 Å². The van der Waals surface area contributed by atoms with Gasteiger partial charge in [0.05, 0.1) is 22.7 Å². The molecule has 0 aromatic heterocycles. The lowest BCUT2D eigenvalue weighted by Crippen LogP contribution is -2.35. The van der Waals surface area contributed by atoms with Crippen LogP contribution >= 0.6 is 0 Å². The molecule has 8 nitrogen and oxygen atoms in total. The average molecular weight is 575 g/mol. The lowest BCUT2D eigenvalue weighted by molar-refractivity contribution is 0.102. The van der Waals surface area contributed by atoms with Gasteiger partial charge in [-0.25, -0.2) is 8.42 Å². The third kappa shape index (κ3) is 6.75. The van der Waals surface area contributed by atoms with Gasteiger partial charge < -0.3 is 20.2 Å². The third-order valence-electron chi connectivity index (χ3n) is 8.31. The number of rotatable bonds is 9. The molecule has 40 heavy (non-hydrogen) atoms. The Morgan fingerprint density at radius 2 is 1.65 bits per heavy atom. The highest BCUT2D eigenvalue weighted by Gasteiger charge is 2.44. The lowest BCUT2D eigenvalue weighted by atomic mass is 9.93. The zero-order chi connectivity index (χ0) is 28.3. The molecular weight excluding hydrogens is 538 g/mol. The van der Waals surface area contributed by atoms with Crippen molar-refractivity contribution in [1.82, 2.24) is 0 Å². The highest BCUT2D eigenvalue weighted by atomic mass is 32.2. The minimum absolute atomic E-state index is 0.137. The molecule has 0 atom stereocenters. The second kappa shape index (κ2) is 11.7. The zero-order valence-corrected chi connectivity index (χ0v) is 23.3. The summed E-state index contributed by atoms with van der Waals surface area (Å²) in [5.41, 5.74) is 3.59.